The van der Waals surface area contributed by atoms with Crippen LogP contribution in [0.4, 0.5) is 0 Å². The normalized spacial score (nSPS) is 11.3. The Hall–Kier alpha value is -2.00. The summed E-state index contributed by atoms with van der Waals surface area (Å²) in [5, 5.41) is 8.86. The molecule has 26 heavy (non-hydrogen) atoms. The summed E-state index contributed by atoms with van der Waals surface area (Å²) in [4.78, 5) is 19.0. The number of hydrogen-bond acceptors (Lipinski definition) is 6. The number of ether oxygens (including phenoxy) is 1. The van der Waals surface area contributed by atoms with Crippen LogP contribution < -0.4 is 4.74 Å². The largest absolute Gasteiger partial charge is 0.479 e. The summed E-state index contributed by atoms with van der Waals surface area (Å²) in [6.07, 6.45) is 2.53. The molecule has 7 nitrogen and oxygen atoms in total. The molecule has 2 aromatic rings. The molecule has 0 radical (unpaired) electrons. The first-order valence-electron chi connectivity index (χ1n) is 7.97. The molecule has 0 aliphatic heterocycles. The lowest BCUT2D eigenvalue weighted by molar-refractivity contribution is -0.139. The highest BCUT2D eigenvalue weighted by atomic mass is 79.9. The van der Waals surface area contributed by atoms with Gasteiger partial charge in [-0.3, -0.25) is 0 Å². The number of carboxylic acids is 1. The molecular weight excluding hydrogens is 424 g/mol. The first-order valence-corrected chi connectivity index (χ1v) is 10.6. The van der Waals surface area contributed by atoms with E-state index in [1.54, 1.807) is 24.3 Å². The van der Waals surface area contributed by atoms with E-state index in [2.05, 4.69) is 25.9 Å². The third kappa shape index (κ3) is 5.77. The predicted octanol–water partition coefficient (Wildman–Crippen LogP) is 3.08. The van der Waals surface area contributed by atoms with E-state index in [1.165, 1.54) is 6.33 Å². The molecule has 9 heteroatoms. The second-order valence-corrected chi connectivity index (χ2v) is 8.74. The fourth-order valence-corrected chi connectivity index (χ4v) is 4.08. The quantitative estimate of drug-likeness (QED) is 0.635. The molecule has 1 N–H and O–H groups in total. The maximum absolute atomic E-state index is 12.4. The minimum atomic E-state index is -3.35. The number of halogens is 1. The number of carbonyl (C=O) groups is 1. The molecule has 0 amide bonds. The second-order valence-electron chi connectivity index (χ2n) is 5.64. The highest BCUT2D eigenvalue weighted by Crippen LogP contribution is 2.32. The van der Waals surface area contributed by atoms with E-state index in [9.17, 15) is 13.2 Å². The summed E-state index contributed by atoms with van der Waals surface area (Å²) in [7, 11) is -3.35. The van der Waals surface area contributed by atoms with E-state index in [4.69, 9.17) is 9.84 Å². The highest BCUT2D eigenvalue weighted by molar-refractivity contribution is 9.10. The third-order valence-electron chi connectivity index (χ3n) is 3.52. The van der Waals surface area contributed by atoms with E-state index in [0.717, 1.165) is 10.9 Å². The molecule has 0 aliphatic carbocycles. The Morgan fingerprint density at radius 1 is 1.23 bits per heavy atom. The zero-order valence-corrected chi connectivity index (χ0v) is 16.6. The fourth-order valence-electron chi connectivity index (χ4n) is 2.30. The van der Waals surface area contributed by atoms with Gasteiger partial charge in [0.15, 0.2) is 16.4 Å². The van der Waals surface area contributed by atoms with Crippen molar-refractivity contribution in [3.63, 3.8) is 0 Å². The van der Waals surface area contributed by atoms with Crippen LogP contribution in [0.1, 0.15) is 25.5 Å². The molecule has 0 bridgehead atoms. The van der Waals surface area contributed by atoms with Crippen LogP contribution in [0, 0.1) is 0 Å². The Labute approximate surface area is 160 Å². The van der Waals surface area contributed by atoms with Gasteiger partial charge in [-0.05, 0) is 24.1 Å². The van der Waals surface area contributed by atoms with Crippen LogP contribution in [0.3, 0.4) is 0 Å². The van der Waals surface area contributed by atoms with Gasteiger partial charge in [0.05, 0.1) is 22.8 Å². The Balaban J connectivity index is 2.48. The molecule has 0 spiro atoms. The topological polar surface area (TPSA) is 106 Å². The lowest BCUT2D eigenvalue weighted by atomic mass is 10.1. The van der Waals surface area contributed by atoms with Crippen LogP contribution in [0.25, 0.3) is 11.1 Å². The van der Waals surface area contributed by atoms with Crippen molar-refractivity contribution in [1.29, 1.82) is 0 Å². The summed E-state index contributed by atoms with van der Waals surface area (Å²) in [6.45, 7) is 1.34. The van der Waals surface area contributed by atoms with Crippen LogP contribution in [-0.2, 0) is 20.4 Å². The Morgan fingerprint density at radius 3 is 2.54 bits per heavy atom. The van der Waals surface area contributed by atoms with Crippen molar-refractivity contribution in [2.24, 2.45) is 0 Å². The van der Waals surface area contributed by atoms with Gasteiger partial charge in [-0.2, -0.15) is 0 Å². The molecule has 0 saturated heterocycles. The maximum atomic E-state index is 12.4. The van der Waals surface area contributed by atoms with Crippen LogP contribution in [0.2, 0.25) is 0 Å². The van der Waals surface area contributed by atoms with Gasteiger partial charge in [0.2, 0.25) is 5.88 Å². The summed E-state index contributed by atoms with van der Waals surface area (Å²) in [5.41, 5.74) is 1.33. The van der Waals surface area contributed by atoms with Crippen molar-refractivity contribution in [2.45, 2.75) is 25.5 Å². The van der Waals surface area contributed by atoms with Crippen LogP contribution >= 0.6 is 15.9 Å². The van der Waals surface area contributed by atoms with Crippen LogP contribution in [-0.4, -0.2) is 41.8 Å². The third-order valence-corrected chi connectivity index (χ3v) is 5.67. The van der Waals surface area contributed by atoms with E-state index in [1.807, 2.05) is 6.92 Å². The number of benzene rings is 1. The molecule has 140 valence electrons. The number of rotatable bonds is 9. The predicted molar refractivity (Wildman–Crippen MR) is 101 cm³/mol. The van der Waals surface area contributed by atoms with Gasteiger partial charge in [0.25, 0.3) is 0 Å². The molecule has 1 aromatic heterocycles. The van der Waals surface area contributed by atoms with Crippen molar-refractivity contribution in [2.75, 3.05) is 12.4 Å². The number of aliphatic carboxylic acids is 1. The average Bonchev–Trinajstić information content (AvgIpc) is 2.59. The smallest absolute Gasteiger partial charge is 0.341 e. The molecule has 1 aromatic carbocycles. The molecular formula is C17H19BrN2O5S. The van der Waals surface area contributed by atoms with Gasteiger partial charge < -0.3 is 9.84 Å². The van der Waals surface area contributed by atoms with Crippen molar-refractivity contribution >= 4 is 31.7 Å². The van der Waals surface area contributed by atoms with E-state index >= 15 is 0 Å². The first-order chi connectivity index (χ1) is 12.3. The lowest BCUT2D eigenvalue weighted by Crippen LogP contribution is -2.14. The first kappa shape index (κ1) is 20.3. The SMILES string of the molecule is CCCCS(=O)(=O)Cc1ncnc(OCC(=O)O)c1-c1ccc(Br)cc1. The summed E-state index contributed by atoms with van der Waals surface area (Å²) >= 11 is 3.35. The van der Waals surface area contributed by atoms with Crippen molar-refractivity contribution in [3.8, 4) is 17.0 Å². The highest BCUT2D eigenvalue weighted by Gasteiger charge is 2.21. The maximum Gasteiger partial charge on any atom is 0.341 e. The number of aromatic nitrogens is 2. The molecule has 0 unspecified atom stereocenters. The molecule has 1 heterocycles. The van der Waals surface area contributed by atoms with Gasteiger partial charge in [-0.25, -0.2) is 23.2 Å². The van der Waals surface area contributed by atoms with Gasteiger partial charge >= 0.3 is 5.97 Å². The number of hydrogen-bond donors (Lipinski definition) is 1. The van der Waals surface area contributed by atoms with Crippen LogP contribution in [0.15, 0.2) is 35.1 Å². The van der Waals surface area contributed by atoms with E-state index in [0.29, 0.717) is 23.2 Å². The molecule has 0 aliphatic rings. The number of nitrogens with zero attached hydrogens (tertiary/aromatic N) is 2. The number of unbranched alkanes of at least 4 members (excludes halogenated alkanes) is 1. The van der Waals surface area contributed by atoms with E-state index < -0.39 is 22.4 Å². The number of sulfone groups is 1. The summed E-state index contributed by atoms with van der Waals surface area (Å²) in [5.74, 6) is -1.30. The Kier molecular flexibility index (Phi) is 7.10. The van der Waals surface area contributed by atoms with Gasteiger partial charge in [-0.1, -0.05) is 41.4 Å². The van der Waals surface area contributed by atoms with Gasteiger partial charge in [0.1, 0.15) is 6.33 Å². The van der Waals surface area contributed by atoms with Gasteiger partial charge in [0, 0.05) is 4.47 Å². The molecule has 0 fully saturated rings. The van der Waals surface area contributed by atoms with Crippen molar-refractivity contribution in [3.05, 3.63) is 40.8 Å². The summed E-state index contributed by atoms with van der Waals surface area (Å²) in [6, 6.07) is 7.11. The Morgan fingerprint density at radius 2 is 1.92 bits per heavy atom. The van der Waals surface area contributed by atoms with Gasteiger partial charge in [-0.15, -0.1) is 0 Å². The van der Waals surface area contributed by atoms with Crippen molar-refractivity contribution in [1.82, 2.24) is 9.97 Å². The molecule has 2 rings (SSSR count). The standard InChI is InChI=1S/C17H19BrN2O5S/c1-2-3-8-26(23,24)10-14-16(12-4-6-13(18)7-5-12)17(20-11-19-14)25-9-15(21)22/h4-7,11H,2-3,8-10H2,1H3,(H,21,22). The average molecular weight is 443 g/mol. The zero-order valence-electron chi connectivity index (χ0n) is 14.2. The molecule has 0 atom stereocenters. The second kappa shape index (κ2) is 9.09. The Bertz CT molecular complexity index is 869. The van der Waals surface area contributed by atoms with Crippen molar-refractivity contribution < 1.29 is 23.1 Å². The monoisotopic (exact) mass is 442 g/mol. The van der Waals surface area contributed by atoms with E-state index in [-0.39, 0.29) is 17.4 Å². The molecule has 0 saturated carbocycles. The van der Waals surface area contributed by atoms with Crippen LogP contribution in [0.5, 0.6) is 5.88 Å². The zero-order chi connectivity index (χ0) is 19.2. The summed E-state index contributed by atoms with van der Waals surface area (Å²) < 4.78 is 30.9. The number of carboxylic acid groups (broad SMARTS) is 1. The lowest BCUT2D eigenvalue weighted by Gasteiger charge is -2.13. The minimum absolute atomic E-state index is 0.0467. The fraction of sp³-hybridized carbons (Fsp3) is 0.353. The minimum Gasteiger partial charge on any atom is -0.479 e.